The molecule has 19 heavy (non-hydrogen) atoms. The van der Waals surface area contributed by atoms with Crippen molar-refractivity contribution in [2.75, 3.05) is 6.61 Å². The zero-order valence-corrected chi connectivity index (χ0v) is 10.9. The molecular weight excluding hydrogens is 248 g/mol. The van der Waals surface area contributed by atoms with Crippen molar-refractivity contribution < 1.29 is 23.8 Å². The number of rotatable bonds is 3. The van der Waals surface area contributed by atoms with Crippen molar-refractivity contribution in [3.8, 4) is 5.75 Å². The predicted octanol–water partition coefficient (Wildman–Crippen LogP) is 2.83. The average Bonchev–Trinajstić information content (AvgIpc) is 2.66. The molecule has 5 nitrogen and oxygen atoms in total. The number of Topliss-reactive ketones (excluding diaryl/α,β-unsaturated/α-hetero) is 1. The second-order valence-corrected chi connectivity index (χ2v) is 4.17. The Balaban J connectivity index is 2.73. The summed E-state index contributed by atoms with van der Waals surface area (Å²) < 4.78 is 10.3. The van der Waals surface area contributed by atoms with E-state index in [1.54, 1.807) is 19.9 Å². The first-order valence-electron chi connectivity index (χ1n) is 5.90. The number of esters is 1. The second-order valence-electron chi connectivity index (χ2n) is 4.17. The Hall–Kier alpha value is -2.30. The molecule has 1 aromatic heterocycles. The lowest BCUT2D eigenvalue weighted by Gasteiger charge is -2.00. The smallest absolute Gasteiger partial charge is 0.374 e. The van der Waals surface area contributed by atoms with Crippen LogP contribution in [0.25, 0.3) is 11.0 Å². The van der Waals surface area contributed by atoms with E-state index in [9.17, 15) is 14.7 Å². The monoisotopic (exact) mass is 262 g/mol. The van der Waals surface area contributed by atoms with Crippen LogP contribution in [-0.4, -0.2) is 23.5 Å². The summed E-state index contributed by atoms with van der Waals surface area (Å²) in [4.78, 5) is 23.3. The van der Waals surface area contributed by atoms with Crippen LogP contribution in [0.15, 0.2) is 16.5 Å². The van der Waals surface area contributed by atoms with Gasteiger partial charge in [0.15, 0.2) is 5.78 Å². The van der Waals surface area contributed by atoms with E-state index in [0.717, 1.165) is 0 Å². The maximum absolute atomic E-state index is 11.7. The molecule has 0 aliphatic rings. The number of phenols is 1. The Labute approximate surface area is 109 Å². The van der Waals surface area contributed by atoms with Crippen molar-refractivity contribution in [3.63, 3.8) is 0 Å². The normalized spacial score (nSPS) is 10.7. The Bertz CT molecular complexity index is 666. The molecule has 0 atom stereocenters. The van der Waals surface area contributed by atoms with Crippen molar-refractivity contribution in [2.24, 2.45) is 0 Å². The van der Waals surface area contributed by atoms with E-state index in [4.69, 9.17) is 9.15 Å². The van der Waals surface area contributed by atoms with Crippen molar-refractivity contribution in [2.45, 2.75) is 20.8 Å². The molecular formula is C14H14O5. The van der Waals surface area contributed by atoms with Crippen LogP contribution in [-0.2, 0) is 4.74 Å². The Morgan fingerprint density at radius 3 is 2.63 bits per heavy atom. The van der Waals surface area contributed by atoms with Gasteiger partial charge in [0, 0.05) is 10.9 Å². The van der Waals surface area contributed by atoms with E-state index in [2.05, 4.69) is 0 Å². The third kappa shape index (κ3) is 2.07. The molecule has 1 aromatic carbocycles. The lowest BCUT2D eigenvalue weighted by molar-refractivity contribution is 0.0491. The summed E-state index contributed by atoms with van der Waals surface area (Å²) in [6, 6.07) is 3.02. The van der Waals surface area contributed by atoms with Crippen LogP contribution in [0.4, 0.5) is 0 Å². The third-order valence-electron chi connectivity index (χ3n) is 2.90. The first-order valence-corrected chi connectivity index (χ1v) is 5.90. The van der Waals surface area contributed by atoms with Gasteiger partial charge in [-0.1, -0.05) is 0 Å². The molecule has 2 aromatic rings. The average molecular weight is 262 g/mol. The van der Waals surface area contributed by atoms with Crippen LogP contribution < -0.4 is 0 Å². The quantitative estimate of drug-likeness (QED) is 0.679. The molecule has 0 fully saturated rings. The van der Waals surface area contributed by atoms with E-state index < -0.39 is 5.97 Å². The zero-order valence-electron chi connectivity index (χ0n) is 10.9. The molecule has 0 saturated heterocycles. The first-order chi connectivity index (χ1) is 8.97. The van der Waals surface area contributed by atoms with Gasteiger partial charge in [-0.25, -0.2) is 4.79 Å². The Kier molecular flexibility index (Phi) is 3.29. The Morgan fingerprint density at radius 1 is 1.37 bits per heavy atom. The number of aryl methyl sites for hydroxylation is 1. The van der Waals surface area contributed by atoms with Gasteiger partial charge >= 0.3 is 5.97 Å². The summed E-state index contributed by atoms with van der Waals surface area (Å²) in [6.07, 6.45) is 0. The van der Waals surface area contributed by atoms with Gasteiger partial charge in [-0.05, 0) is 32.9 Å². The lowest BCUT2D eigenvalue weighted by atomic mass is 10.1. The summed E-state index contributed by atoms with van der Waals surface area (Å²) >= 11 is 0. The summed E-state index contributed by atoms with van der Waals surface area (Å²) in [7, 11) is 0. The fourth-order valence-corrected chi connectivity index (χ4v) is 2.01. The molecule has 0 aliphatic carbocycles. The highest BCUT2D eigenvalue weighted by Gasteiger charge is 2.23. The number of ketones is 1. The van der Waals surface area contributed by atoms with E-state index in [1.165, 1.54) is 13.0 Å². The largest absolute Gasteiger partial charge is 0.507 e. The van der Waals surface area contributed by atoms with Gasteiger partial charge in [0.25, 0.3) is 0 Å². The van der Waals surface area contributed by atoms with Crippen LogP contribution >= 0.6 is 0 Å². The maximum atomic E-state index is 11.7. The highest BCUT2D eigenvalue weighted by atomic mass is 16.5. The summed E-state index contributed by atoms with van der Waals surface area (Å²) in [5.41, 5.74) is 0.889. The standard InChI is InChI=1S/C14H14O5/c1-4-18-14(17)12-7(2)9-5-6-10(16)11(8(3)15)13(9)19-12/h5-6,16H,4H2,1-3H3. The van der Waals surface area contributed by atoms with Crippen LogP contribution in [0.1, 0.15) is 40.3 Å². The molecule has 0 bridgehead atoms. The molecule has 0 radical (unpaired) electrons. The molecule has 0 amide bonds. The van der Waals surface area contributed by atoms with Crippen molar-refractivity contribution >= 4 is 22.7 Å². The summed E-state index contributed by atoms with van der Waals surface area (Å²) in [5.74, 6) is -1.01. The maximum Gasteiger partial charge on any atom is 0.374 e. The second kappa shape index (κ2) is 4.76. The molecule has 1 heterocycles. The lowest BCUT2D eigenvalue weighted by Crippen LogP contribution is -2.04. The Morgan fingerprint density at radius 2 is 2.05 bits per heavy atom. The number of furan rings is 1. The van der Waals surface area contributed by atoms with Crippen molar-refractivity contribution in [1.29, 1.82) is 0 Å². The number of benzene rings is 1. The van der Waals surface area contributed by atoms with E-state index in [-0.39, 0.29) is 35.0 Å². The third-order valence-corrected chi connectivity index (χ3v) is 2.90. The minimum absolute atomic E-state index is 0.0601. The SMILES string of the molecule is CCOC(=O)c1oc2c(C(C)=O)c(O)ccc2c1C. The van der Waals surface area contributed by atoms with Gasteiger partial charge in [-0.3, -0.25) is 4.79 Å². The molecule has 0 spiro atoms. The number of phenolic OH excluding ortho intramolecular Hbond substituents is 1. The van der Waals surface area contributed by atoms with Crippen LogP contribution in [0.3, 0.4) is 0 Å². The van der Waals surface area contributed by atoms with Gasteiger partial charge < -0.3 is 14.3 Å². The molecule has 100 valence electrons. The van der Waals surface area contributed by atoms with Crippen LogP contribution in [0.5, 0.6) is 5.75 Å². The van der Waals surface area contributed by atoms with Gasteiger partial charge in [0.2, 0.25) is 5.76 Å². The van der Waals surface area contributed by atoms with Gasteiger partial charge in [-0.2, -0.15) is 0 Å². The van der Waals surface area contributed by atoms with E-state index in [0.29, 0.717) is 10.9 Å². The van der Waals surface area contributed by atoms with E-state index in [1.807, 2.05) is 0 Å². The van der Waals surface area contributed by atoms with E-state index >= 15 is 0 Å². The number of aromatic hydroxyl groups is 1. The summed E-state index contributed by atoms with van der Waals surface area (Å²) in [5, 5.41) is 10.3. The molecule has 1 N–H and O–H groups in total. The number of carbonyl (C=O) groups excluding carboxylic acids is 2. The highest BCUT2D eigenvalue weighted by molar-refractivity contribution is 6.09. The topological polar surface area (TPSA) is 76.7 Å². The minimum atomic E-state index is -0.579. The van der Waals surface area contributed by atoms with Gasteiger partial charge in [-0.15, -0.1) is 0 Å². The summed E-state index contributed by atoms with van der Waals surface area (Å²) in [6.45, 7) is 4.97. The fourth-order valence-electron chi connectivity index (χ4n) is 2.01. The van der Waals surface area contributed by atoms with Crippen molar-refractivity contribution in [1.82, 2.24) is 0 Å². The number of hydrogen-bond acceptors (Lipinski definition) is 5. The number of ether oxygens (including phenoxy) is 1. The van der Waals surface area contributed by atoms with Crippen molar-refractivity contribution in [3.05, 3.63) is 29.0 Å². The number of fused-ring (bicyclic) bond motifs is 1. The van der Waals surface area contributed by atoms with Gasteiger partial charge in [0.1, 0.15) is 16.9 Å². The number of hydrogen-bond donors (Lipinski definition) is 1. The molecule has 0 unspecified atom stereocenters. The van der Waals surface area contributed by atoms with Gasteiger partial charge in [0.05, 0.1) is 6.61 Å². The molecule has 5 heteroatoms. The zero-order chi connectivity index (χ0) is 14.2. The fraction of sp³-hybridized carbons (Fsp3) is 0.286. The molecule has 2 rings (SSSR count). The molecule has 0 aliphatic heterocycles. The van der Waals surface area contributed by atoms with Crippen LogP contribution in [0.2, 0.25) is 0 Å². The minimum Gasteiger partial charge on any atom is -0.507 e. The molecule has 0 saturated carbocycles. The highest BCUT2D eigenvalue weighted by Crippen LogP contribution is 2.33. The van der Waals surface area contributed by atoms with Crippen LogP contribution in [0, 0.1) is 6.92 Å². The first kappa shape index (κ1) is 13.1. The number of carbonyl (C=O) groups is 2. The predicted molar refractivity (Wildman–Crippen MR) is 68.6 cm³/mol.